The van der Waals surface area contributed by atoms with Gasteiger partial charge in [-0.1, -0.05) is 0 Å². The van der Waals surface area contributed by atoms with Crippen molar-refractivity contribution in [3.8, 4) is 0 Å². The lowest BCUT2D eigenvalue weighted by atomic mass is 10.1. The molecule has 1 saturated heterocycles. The standard InChI is InChI=1S/C11H11I2NO2/c12-8-3-9(13)5-10(4-8)14-11(15)7-1-2-16-6-7/h3-5,7H,1-2,6H2,(H,14,15)/t7-/m1/s1. The van der Waals surface area contributed by atoms with Crippen LogP contribution in [-0.2, 0) is 9.53 Å². The van der Waals surface area contributed by atoms with Gasteiger partial charge in [-0.3, -0.25) is 4.79 Å². The van der Waals surface area contributed by atoms with Crippen molar-refractivity contribution in [2.24, 2.45) is 5.92 Å². The van der Waals surface area contributed by atoms with Gasteiger partial charge in [-0.05, 0) is 69.8 Å². The van der Waals surface area contributed by atoms with E-state index in [9.17, 15) is 4.79 Å². The molecule has 0 saturated carbocycles. The zero-order chi connectivity index (χ0) is 11.5. The minimum Gasteiger partial charge on any atom is -0.381 e. The molecule has 0 unspecified atom stereocenters. The van der Waals surface area contributed by atoms with Gasteiger partial charge >= 0.3 is 0 Å². The minimum atomic E-state index is 0.00975. The maximum atomic E-state index is 11.8. The first kappa shape index (κ1) is 12.6. The minimum absolute atomic E-state index is 0.00975. The van der Waals surface area contributed by atoms with Gasteiger partial charge in [-0.25, -0.2) is 0 Å². The third-order valence-corrected chi connectivity index (χ3v) is 3.68. The van der Waals surface area contributed by atoms with E-state index in [1.165, 1.54) is 0 Å². The van der Waals surface area contributed by atoms with Gasteiger partial charge in [0.15, 0.2) is 0 Å². The Bertz CT molecular complexity index is 383. The molecule has 1 aliphatic rings. The Morgan fingerprint density at radius 2 is 2.00 bits per heavy atom. The first-order valence-electron chi connectivity index (χ1n) is 5.00. The molecule has 1 heterocycles. The number of hydrogen-bond donors (Lipinski definition) is 1. The number of rotatable bonds is 2. The molecule has 16 heavy (non-hydrogen) atoms. The van der Waals surface area contributed by atoms with Crippen LogP contribution >= 0.6 is 45.2 Å². The van der Waals surface area contributed by atoms with Crippen LogP contribution in [-0.4, -0.2) is 19.1 Å². The zero-order valence-corrected chi connectivity index (χ0v) is 12.8. The summed E-state index contributed by atoms with van der Waals surface area (Å²) in [6.07, 6.45) is 0.826. The van der Waals surface area contributed by atoms with Crippen LogP contribution in [0.1, 0.15) is 6.42 Å². The van der Waals surface area contributed by atoms with Crippen LogP contribution in [0, 0.1) is 13.1 Å². The van der Waals surface area contributed by atoms with Crippen molar-refractivity contribution in [3.05, 3.63) is 25.3 Å². The van der Waals surface area contributed by atoms with E-state index in [0.717, 1.165) is 19.2 Å². The number of hydrogen-bond acceptors (Lipinski definition) is 2. The second-order valence-electron chi connectivity index (χ2n) is 3.71. The highest BCUT2D eigenvalue weighted by molar-refractivity contribution is 14.1. The molecule has 3 nitrogen and oxygen atoms in total. The van der Waals surface area contributed by atoms with Crippen LogP contribution in [0.2, 0.25) is 0 Å². The molecule has 0 spiro atoms. The third-order valence-electron chi connectivity index (χ3n) is 2.43. The first-order chi connectivity index (χ1) is 7.65. The summed E-state index contributed by atoms with van der Waals surface area (Å²) in [4.78, 5) is 11.8. The number of ether oxygens (including phenoxy) is 1. The lowest BCUT2D eigenvalue weighted by Gasteiger charge is -2.10. The van der Waals surface area contributed by atoms with E-state index in [-0.39, 0.29) is 11.8 Å². The monoisotopic (exact) mass is 443 g/mol. The van der Waals surface area contributed by atoms with E-state index >= 15 is 0 Å². The van der Waals surface area contributed by atoms with Crippen LogP contribution in [0.3, 0.4) is 0 Å². The molecule has 2 rings (SSSR count). The van der Waals surface area contributed by atoms with Crippen LogP contribution in [0.4, 0.5) is 5.69 Å². The fraction of sp³-hybridized carbons (Fsp3) is 0.364. The quantitative estimate of drug-likeness (QED) is 0.715. The summed E-state index contributed by atoms with van der Waals surface area (Å²) in [6, 6.07) is 6.00. The molecular formula is C11H11I2NO2. The topological polar surface area (TPSA) is 38.3 Å². The van der Waals surface area contributed by atoms with Gasteiger partial charge in [-0.15, -0.1) is 0 Å². The molecule has 0 aliphatic carbocycles. The van der Waals surface area contributed by atoms with Gasteiger partial charge in [-0.2, -0.15) is 0 Å². The second kappa shape index (κ2) is 5.63. The largest absolute Gasteiger partial charge is 0.381 e. The summed E-state index contributed by atoms with van der Waals surface area (Å²) in [5, 5.41) is 2.94. The maximum absolute atomic E-state index is 11.8. The molecular weight excluding hydrogens is 432 g/mol. The smallest absolute Gasteiger partial charge is 0.229 e. The van der Waals surface area contributed by atoms with Gasteiger partial charge in [0.2, 0.25) is 5.91 Å². The number of amides is 1. The maximum Gasteiger partial charge on any atom is 0.229 e. The highest BCUT2D eigenvalue weighted by Gasteiger charge is 2.23. The van der Waals surface area contributed by atoms with Crippen molar-refractivity contribution in [2.75, 3.05) is 18.5 Å². The number of carbonyl (C=O) groups is 1. The summed E-state index contributed by atoms with van der Waals surface area (Å²) in [5.41, 5.74) is 0.869. The Hall–Kier alpha value is 0.110. The average molecular weight is 443 g/mol. The van der Waals surface area contributed by atoms with Crippen LogP contribution in [0.5, 0.6) is 0 Å². The van der Waals surface area contributed by atoms with Crippen LogP contribution in [0.25, 0.3) is 0 Å². The summed E-state index contributed by atoms with van der Waals surface area (Å²) >= 11 is 4.49. The Kier molecular flexibility index (Phi) is 4.42. The van der Waals surface area contributed by atoms with Crippen molar-refractivity contribution >= 4 is 56.8 Å². The number of carbonyl (C=O) groups excluding carboxylic acids is 1. The highest BCUT2D eigenvalue weighted by Crippen LogP contribution is 2.20. The zero-order valence-electron chi connectivity index (χ0n) is 8.50. The molecule has 0 aromatic heterocycles. The van der Waals surface area contributed by atoms with Crippen LogP contribution < -0.4 is 5.32 Å². The Morgan fingerprint density at radius 1 is 1.31 bits per heavy atom. The fourth-order valence-electron chi connectivity index (χ4n) is 1.61. The van der Waals surface area contributed by atoms with Gasteiger partial charge in [0, 0.05) is 19.4 Å². The predicted molar refractivity (Wildman–Crippen MR) is 79.4 cm³/mol. The fourth-order valence-corrected chi connectivity index (χ4v) is 3.55. The number of benzene rings is 1. The predicted octanol–water partition coefficient (Wildman–Crippen LogP) is 2.87. The molecule has 1 aromatic rings. The van der Waals surface area contributed by atoms with Gasteiger partial charge in [0.1, 0.15) is 0 Å². The molecule has 0 radical (unpaired) electrons. The van der Waals surface area contributed by atoms with Crippen LogP contribution in [0.15, 0.2) is 18.2 Å². The highest BCUT2D eigenvalue weighted by atomic mass is 127. The van der Waals surface area contributed by atoms with Crippen molar-refractivity contribution in [2.45, 2.75) is 6.42 Å². The lowest BCUT2D eigenvalue weighted by molar-refractivity contribution is -0.119. The molecule has 1 atom stereocenters. The number of nitrogens with one attached hydrogen (secondary N) is 1. The molecule has 5 heteroatoms. The molecule has 1 aliphatic heterocycles. The molecule has 0 bridgehead atoms. The van der Waals surface area contributed by atoms with Crippen molar-refractivity contribution < 1.29 is 9.53 Å². The Morgan fingerprint density at radius 3 is 2.56 bits per heavy atom. The summed E-state index contributed by atoms with van der Waals surface area (Å²) in [6.45, 7) is 1.24. The summed E-state index contributed by atoms with van der Waals surface area (Å²) in [5.74, 6) is 0.0748. The van der Waals surface area contributed by atoms with E-state index < -0.39 is 0 Å². The summed E-state index contributed by atoms with van der Waals surface area (Å²) < 4.78 is 7.45. The van der Waals surface area contributed by atoms with Gasteiger partial charge < -0.3 is 10.1 Å². The molecule has 86 valence electrons. The molecule has 1 aromatic carbocycles. The number of anilines is 1. The van der Waals surface area contributed by atoms with E-state index in [4.69, 9.17) is 4.74 Å². The van der Waals surface area contributed by atoms with Crippen molar-refractivity contribution in [1.29, 1.82) is 0 Å². The van der Waals surface area contributed by atoms with E-state index in [2.05, 4.69) is 56.6 Å². The van der Waals surface area contributed by atoms with Crippen molar-refractivity contribution in [1.82, 2.24) is 0 Å². The van der Waals surface area contributed by atoms with Crippen molar-refractivity contribution in [3.63, 3.8) is 0 Å². The van der Waals surface area contributed by atoms with Gasteiger partial charge in [0.05, 0.1) is 12.5 Å². The Labute approximate surface area is 122 Å². The van der Waals surface area contributed by atoms with E-state index in [1.54, 1.807) is 0 Å². The normalized spacial score (nSPS) is 19.8. The SMILES string of the molecule is O=C(Nc1cc(I)cc(I)c1)[C@@H]1CCOC1. The number of halogens is 2. The molecule has 1 amide bonds. The molecule has 1 N–H and O–H groups in total. The van der Waals surface area contributed by atoms with E-state index in [1.807, 2.05) is 12.1 Å². The van der Waals surface area contributed by atoms with Gasteiger partial charge in [0.25, 0.3) is 0 Å². The third kappa shape index (κ3) is 3.30. The first-order valence-corrected chi connectivity index (χ1v) is 7.15. The lowest BCUT2D eigenvalue weighted by Crippen LogP contribution is -2.22. The molecule has 1 fully saturated rings. The average Bonchev–Trinajstić information content (AvgIpc) is 2.68. The van der Waals surface area contributed by atoms with E-state index in [0.29, 0.717) is 13.2 Å². The summed E-state index contributed by atoms with van der Waals surface area (Å²) in [7, 11) is 0. The second-order valence-corrected chi connectivity index (χ2v) is 6.20. The Balaban J connectivity index is 2.05.